The molecule has 4 aromatic rings. The molecule has 5 heterocycles. The molecule has 0 bridgehead atoms. The second-order valence-corrected chi connectivity index (χ2v) is 13.4. The molecule has 2 aliphatic rings. The van der Waals surface area contributed by atoms with Gasteiger partial charge in [0, 0.05) is 48.4 Å². The van der Waals surface area contributed by atoms with Crippen molar-refractivity contribution in [2.45, 2.75) is 50.6 Å². The van der Waals surface area contributed by atoms with Crippen LogP contribution in [-0.4, -0.2) is 76.0 Å². The molecular formula is C29H33F3N6O4S. The number of alkyl halides is 3. The van der Waals surface area contributed by atoms with E-state index < -0.39 is 27.9 Å². The summed E-state index contributed by atoms with van der Waals surface area (Å²) in [6.45, 7) is 2.46. The number of hydrogen-bond donors (Lipinski definition) is 2. The van der Waals surface area contributed by atoms with Crippen LogP contribution < -0.4 is 4.73 Å². The lowest BCUT2D eigenvalue weighted by Crippen LogP contribution is -2.40. The third-order valence-electron chi connectivity index (χ3n) is 8.57. The molecule has 1 saturated heterocycles. The number of aromatic nitrogens is 4. The molecule has 0 amide bonds. The van der Waals surface area contributed by atoms with Crippen LogP contribution in [0.3, 0.4) is 0 Å². The highest BCUT2D eigenvalue weighted by atomic mass is 32.2. The van der Waals surface area contributed by atoms with E-state index in [4.69, 9.17) is 0 Å². The Hall–Kier alpha value is -3.46. The summed E-state index contributed by atoms with van der Waals surface area (Å²) in [5.41, 5.74) is 3.19. The van der Waals surface area contributed by atoms with Gasteiger partial charge in [0.2, 0.25) is 10.0 Å². The molecule has 1 unspecified atom stereocenters. The molecule has 14 heteroatoms. The first-order valence-electron chi connectivity index (χ1n) is 14.2. The largest absolute Gasteiger partial charge is 0.711 e. The van der Waals surface area contributed by atoms with Crippen LogP contribution in [0.15, 0.2) is 48.8 Å². The van der Waals surface area contributed by atoms with Crippen LogP contribution in [0, 0.1) is 5.21 Å². The predicted octanol–water partition coefficient (Wildman–Crippen LogP) is 3.24. The summed E-state index contributed by atoms with van der Waals surface area (Å²) >= 11 is 0. The van der Waals surface area contributed by atoms with Crippen molar-refractivity contribution < 1.29 is 31.4 Å². The highest BCUT2D eigenvalue weighted by Gasteiger charge is 2.33. The van der Waals surface area contributed by atoms with Crippen LogP contribution in [-0.2, 0) is 35.7 Å². The van der Waals surface area contributed by atoms with E-state index in [-0.39, 0.29) is 19.6 Å². The molecule has 1 fully saturated rings. The summed E-state index contributed by atoms with van der Waals surface area (Å²) in [6, 6.07) is 8.37. The number of rotatable bonds is 7. The molecule has 1 atom stereocenters. The van der Waals surface area contributed by atoms with Crippen molar-refractivity contribution >= 4 is 21.1 Å². The highest BCUT2D eigenvalue weighted by Crippen LogP contribution is 2.35. The van der Waals surface area contributed by atoms with E-state index in [9.17, 15) is 31.9 Å². The number of benzene rings is 1. The maximum atomic E-state index is 13.1. The van der Waals surface area contributed by atoms with Gasteiger partial charge in [-0.2, -0.15) is 22.6 Å². The number of likely N-dealkylation sites (tertiary alicyclic amines) is 1. The van der Waals surface area contributed by atoms with Crippen LogP contribution in [0.4, 0.5) is 13.2 Å². The predicted molar refractivity (Wildman–Crippen MR) is 153 cm³/mol. The number of nitrogens with zero attached hydrogens (tertiary/aromatic N) is 5. The van der Waals surface area contributed by atoms with E-state index in [1.165, 1.54) is 22.6 Å². The van der Waals surface area contributed by atoms with Crippen LogP contribution in [0.2, 0.25) is 0 Å². The average molecular weight is 619 g/mol. The van der Waals surface area contributed by atoms with Gasteiger partial charge in [0.05, 0.1) is 47.9 Å². The van der Waals surface area contributed by atoms with E-state index in [2.05, 4.69) is 15.0 Å². The number of halogens is 3. The Kier molecular flexibility index (Phi) is 7.73. The van der Waals surface area contributed by atoms with Crippen molar-refractivity contribution in [3.8, 4) is 11.3 Å². The maximum absolute atomic E-state index is 13.1. The number of sulfonamides is 1. The van der Waals surface area contributed by atoms with Gasteiger partial charge < -0.3 is 15.2 Å². The lowest BCUT2D eigenvalue weighted by atomic mass is 9.89. The molecule has 10 nitrogen and oxygen atoms in total. The number of aliphatic hydroxyl groups excluding tert-OH is 1. The average Bonchev–Trinajstić information content (AvgIpc) is 3.55. The minimum absolute atomic E-state index is 0.0638. The highest BCUT2D eigenvalue weighted by molar-refractivity contribution is 7.88. The van der Waals surface area contributed by atoms with Gasteiger partial charge in [-0.1, -0.05) is 12.1 Å². The van der Waals surface area contributed by atoms with Crippen molar-refractivity contribution in [1.29, 1.82) is 0 Å². The van der Waals surface area contributed by atoms with Gasteiger partial charge in [-0.15, -0.1) is 0 Å². The molecule has 2 N–H and O–H groups in total. The number of pyridine rings is 1. The summed E-state index contributed by atoms with van der Waals surface area (Å²) in [7, 11) is -3.49. The fourth-order valence-electron chi connectivity index (χ4n) is 6.36. The zero-order valence-electron chi connectivity index (χ0n) is 23.6. The van der Waals surface area contributed by atoms with E-state index in [1.807, 2.05) is 12.3 Å². The third-order valence-corrected chi connectivity index (χ3v) is 9.82. The number of H-pyrrole nitrogens is 1. The number of aromatic amines is 1. The first-order chi connectivity index (χ1) is 20.4. The number of nitrogens with one attached hydrogen (secondary N) is 1. The standard InChI is InChI=1S/C29H33F3N6O4S/c1-43(41,42)36-14-10-26-25(18-36)27(20-4-6-21(7-5-20)29(30,31)32)34-37(26)17-22(39)16-35-12-8-19(9-13-35)24-15-33-28-23(24)3-2-11-38(28)40/h2-7,11,15,19,22,33,39H,8-10,12-14,16-18H2,1H3. The lowest BCUT2D eigenvalue weighted by Gasteiger charge is -2.33. The summed E-state index contributed by atoms with van der Waals surface area (Å²) < 4.78 is 67.9. The Morgan fingerprint density at radius 2 is 1.86 bits per heavy atom. The normalized spacial score (nSPS) is 18.3. The smallest absolute Gasteiger partial charge is 0.416 e. The van der Waals surface area contributed by atoms with Crippen molar-refractivity contribution in [3.63, 3.8) is 0 Å². The van der Waals surface area contributed by atoms with Crippen molar-refractivity contribution in [1.82, 2.24) is 24.0 Å². The first kappa shape index (κ1) is 29.6. The van der Waals surface area contributed by atoms with Crippen LogP contribution in [0.25, 0.3) is 22.3 Å². The number of aliphatic hydroxyl groups is 1. The van der Waals surface area contributed by atoms with Gasteiger partial charge in [-0.25, -0.2) is 18.1 Å². The minimum atomic E-state index is -4.47. The molecule has 0 spiro atoms. The molecule has 230 valence electrons. The molecule has 43 heavy (non-hydrogen) atoms. The van der Waals surface area contributed by atoms with E-state index in [1.54, 1.807) is 10.7 Å². The Bertz CT molecular complexity index is 1730. The van der Waals surface area contributed by atoms with Crippen molar-refractivity contribution in [2.75, 3.05) is 32.4 Å². The number of piperidine rings is 1. The molecule has 0 aliphatic carbocycles. The van der Waals surface area contributed by atoms with Crippen molar-refractivity contribution in [3.05, 3.63) is 76.4 Å². The molecular weight excluding hydrogens is 585 g/mol. The molecule has 0 saturated carbocycles. The van der Waals surface area contributed by atoms with Gasteiger partial charge >= 0.3 is 6.18 Å². The van der Waals surface area contributed by atoms with Gasteiger partial charge in [-0.3, -0.25) is 4.68 Å². The molecule has 1 aromatic carbocycles. The Balaban J connectivity index is 1.16. The third kappa shape index (κ3) is 6.01. The zero-order chi connectivity index (χ0) is 30.5. The number of fused-ring (bicyclic) bond motifs is 2. The Morgan fingerprint density at radius 1 is 1.14 bits per heavy atom. The maximum Gasteiger partial charge on any atom is 0.416 e. The molecule has 3 aromatic heterocycles. The van der Waals surface area contributed by atoms with Crippen LogP contribution in [0.5, 0.6) is 0 Å². The second-order valence-electron chi connectivity index (χ2n) is 11.4. The number of hydrogen-bond acceptors (Lipinski definition) is 6. The van der Waals surface area contributed by atoms with E-state index >= 15 is 0 Å². The SMILES string of the molecule is CS(=O)(=O)N1CCc2c(c(-c3ccc(C(F)(F)F)cc3)nn2CC(O)CN2CCC(c3c[nH]c4c3ccc[n+]4[O-])CC2)C1. The minimum Gasteiger partial charge on any atom is -0.711 e. The van der Waals surface area contributed by atoms with Crippen LogP contribution in [0.1, 0.15) is 41.1 Å². The van der Waals surface area contributed by atoms with Gasteiger partial charge in [-0.05, 0) is 56.1 Å². The summed E-state index contributed by atoms with van der Waals surface area (Å²) in [4.78, 5) is 5.28. The first-order valence-corrected chi connectivity index (χ1v) is 16.0. The monoisotopic (exact) mass is 618 g/mol. The van der Waals surface area contributed by atoms with Gasteiger partial charge in [0.15, 0.2) is 0 Å². The fraction of sp³-hybridized carbons (Fsp3) is 0.448. The quantitative estimate of drug-likeness (QED) is 0.242. The zero-order valence-corrected chi connectivity index (χ0v) is 24.4. The van der Waals surface area contributed by atoms with E-state index in [0.29, 0.717) is 41.4 Å². The topological polar surface area (TPSA) is 121 Å². The Morgan fingerprint density at radius 3 is 2.53 bits per heavy atom. The molecule has 2 aliphatic heterocycles. The van der Waals surface area contributed by atoms with Crippen LogP contribution >= 0.6 is 0 Å². The summed E-state index contributed by atoms with van der Waals surface area (Å²) in [5.74, 6) is 0.298. The van der Waals surface area contributed by atoms with Crippen molar-refractivity contribution in [2.24, 2.45) is 0 Å². The van der Waals surface area contributed by atoms with Gasteiger partial charge in [0.1, 0.15) is 0 Å². The second kappa shape index (κ2) is 11.2. The molecule has 6 rings (SSSR count). The van der Waals surface area contributed by atoms with E-state index in [0.717, 1.165) is 65.7 Å². The summed E-state index contributed by atoms with van der Waals surface area (Å²) in [6.07, 6.45) is 1.41. The lowest BCUT2D eigenvalue weighted by molar-refractivity contribution is -0.579. The Labute approximate surface area is 247 Å². The summed E-state index contributed by atoms with van der Waals surface area (Å²) in [5, 5.41) is 28.8. The van der Waals surface area contributed by atoms with Gasteiger partial charge in [0.25, 0.3) is 5.65 Å². The fourth-order valence-corrected chi connectivity index (χ4v) is 7.14. The number of β-amino-alcohol motifs (C(OH)–C–C–N with tert-alkyl or cyclic N) is 1. The molecule has 0 radical (unpaired) electrons.